The van der Waals surface area contributed by atoms with Crippen LogP contribution in [0.25, 0.3) is 0 Å². The van der Waals surface area contributed by atoms with Gasteiger partial charge >= 0.3 is 0 Å². The first-order chi connectivity index (χ1) is 8.47. The smallest absolute Gasteiger partial charge is 0.247 e. The number of halogens is 1. The Balaban J connectivity index is 3.16. The number of hydrogen-bond acceptors (Lipinski definition) is 4. The second kappa shape index (κ2) is 6.51. The second-order valence-electron chi connectivity index (χ2n) is 3.71. The first-order valence-electron chi connectivity index (χ1n) is 5.56. The fraction of sp³-hybridized carbons (Fsp3) is 0.455. The van der Waals surface area contributed by atoms with Gasteiger partial charge in [-0.3, -0.25) is 0 Å². The molecule has 0 aliphatic rings. The molecule has 5 nitrogen and oxygen atoms in total. The maximum Gasteiger partial charge on any atom is 0.247 e. The van der Waals surface area contributed by atoms with E-state index in [-0.39, 0.29) is 22.7 Å². The van der Waals surface area contributed by atoms with E-state index in [9.17, 15) is 8.42 Å². The van der Waals surface area contributed by atoms with Crippen molar-refractivity contribution in [2.75, 3.05) is 13.1 Å². The van der Waals surface area contributed by atoms with Crippen LogP contribution in [0.1, 0.15) is 19.1 Å². The lowest BCUT2D eigenvalue weighted by Gasteiger charge is -2.18. The molecule has 0 aliphatic carbocycles. The minimum atomic E-state index is -3.58. The highest BCUT2D eigenvalue weighted by molar-refractivity contribution is 9.10. The van der Waals surface area contributed by atoms with Crippen LogP contribution in [0.4, 0.5) is 0 Å². The Bertz CT molecular complexity index is 510. The lowest BCUT2D eigenvalue weighted by atomic mass is 10.5. The van der Waals surface area contributed by atoms with Crippen molar-refractivity contribution < 1.29 is 12.8 Å². The molecule has 0 radical (unpaired) electrons. The van der Waals surface area contributed by atoms with E-state index >= 15 is 0 Å². The van der Waals surface area contributed by atoms with Crippen molar-refractivity contribution in [2.24, 2.45) is 5.73 Å². The Morgan fingerprint density at radius 2 is 2.28 bits per heavy atom. The Hall–Kier alpha value is -0.630. The fourth-order valence-corrected chi connectivity index (χ4v) is 3.98. The van der Waals surface area contributed by atoms with Gasteiger partial charge in [-0.25, -0.2) is 8.42 Å². The quantitative estimate of drug-likeness (QED) is 0.773. The molecule has 0 saturated heterocycles. The van der Waals surface area contributed by atoms with Gasteiger partial charge in [-0.15, -0.1) is 6.58 Å². The molecule has 1 rings (SSSR count). The monoisotopic (exact) mass is 336 g/mol. The highest BCUT2D eigenvalue weighted by Crippen LogP contribution is 2.28. The van der Waals surface area contributed by atoms with Crippen LogP contribution >= 0.6 is 15.9 Å². The van der Waals surface area contributed by atoms with E-state index in [1.807, 2.05) is 6.92 Å². The van der Waals surface area contributed by atoms with Crippen LogP contribution in [0, 0.1) is 0 Å². The van der Waals surface area contributed by atoms with E-state index in [1.165, 1.54) is 10.4 Å². The number of rotatable bonds is 7. The molecule has 1 heterocycles. The van der Waals surface area contributed by atoms with Gasteiger partial charge in [0, 0.05) is 19.2 Å². The standard InChI is InChI=1S/C11H17BrN2O3S/c1-3-5-14(6-4-2)18(15,16)10-7-9(8-13)17-11(10)12/h3,7H,1,4-6,8,13H2,2H3. The number of hydrogen-bond donors (Lipinski definition) is 1. The summed E-state index contributed by atoms with van der Waals surface area (Å²) in [5.74, 6) is 0.426. The van der Waals surface area contributed by atoms with Gasteiger partial charge in [0.2, 0.25) is 10.0 Å². The Labute approximate surface area is 116 Å². The molecular formula is C11H17BrN2O3S. The van der Waals surface area contributed by atoms with Crippen LogP contribution < -0.4 is 5.73 Å². The molecule has 0 aromatic carbocycles. The Morgan fingerprint density at radius 1 is 1.61 bits per heavy atom. The van der Waals surface area contributed by atoms with E-state index in [2.05, 4.69) is 22.5 Å². The van der Waals surface area contributed by atoms with Gasteiger partial charge in [0.25, 0.3) is 0 Å². The zero-order chi connectivity index (χ0) is 13.8. The predicted molar refractivity (Wildman–Crippen MR) is 73.5 cm³/mol. The van der Waals surface area contributed by atoms with Crippen molar-refractivity contribution >= 4 is 26.0 Å². The van der Waals surface area contributed by atoms with Gasteiger partial charge in [-0.1, -0.05) is 13.0 Å². The van der Waals surface area contributed by atoms with Gasteiger partial charge in [0.1, 0.15) is 10.7 Å². The van der Waals surface area contributed by atoms with Crippen LogP contribution in [0.5, 0.6) is 0 Å². The van der Waals surface area contributed by atoms with Crippen LogP contribution in [-0.2, 0) is 16.6 Å². The SMILES string of the molecule is C=CCN(CCC)S(=O)(=O)c1cc(CN)oc1Br. The summed E-state index contributed by atoms with van der Waals surface area (Å²) in [5, 5.41) is 0. The summed E-state index contributed by atoms with van der Waals surface area (Å²) in [4.78, 5) is 0.109. The van der Waals surface area contributed by atoms with E-state index in [1.54, 1.807) is 6.08 Å². The average molecular weight is 337 g/mol. The Morgan fingerprint density at radius 3 is 2.72 bits per heavy atom. The van der Waals surface area contributed by atoms with Crippen LogP contribution in [0.15, 0.2) is 32.7 Å². The molecule has 102 valence electrons. The first-order valence-corrected chi connectivity index (χ1v) is 7.80. The molecule has 0 saturated carbocycles. The highest BCUT2D eigenvalue weighted by Gasteiger charge is 2.28. The fourth-order valence-electron chi connectivity index (χ4n) is 1.52. The van der Waals surface area contributed by atoms with E-state index in [0.29, 0.717) is 12.3 Å². The minimum absolute atomic E-state index is 0.109. The summed E-state index contributed by atoms with van der Waals surface area (Å²) in [6.07, 6.45) is 2.29. The molecule has 0 fully saturated rings. The molecule has 0 amide bonds. The van der Waals surface area contributed by atoms with Crippen molar-refractivity contribution in [3.8, 4) is 0 Å². The topological polar surface area (TPSA) is 76.5 Å². The maximum absolute atomic E-state index is 12.4. The average Bonchev–Trinajstić information content (AvgIpc) is 2.71. The summed E-state index contributed by atoms with van der Waals surface area (Å²) >= 11 is 3.11. The third-order valence-corrected chi connectivity index (χ3v) is 5.05. The normalized spacial score (nSPS) is 12.0. The van der Waals surface area contributed by atoms with E-state index in [0.717, 1.165) is 6.42 Å². The lowest BCUT2D eigenvalue weighted by molar-refractivity contribution is 0.437. The van der Waals surface area contributed by atoms with Crippen LogP contribution in [0.2, 0.25) is 0 Å². The van der Waals surface area contributed by atoms with Gasteiger partial charge in [-0.05, 0) is 22.4 Å². The zero-order valence-corrected chi connectivity index (χ0v) is 12.6. The summed E-state index contributed by atoms with van der Waals surface area (Å²) < 4.78 is 31.6. The molecule has 0 bridgehead atoms. The molecular weight excluding hydrogens is 320 g/mol. The minimum Gasteiger partial charge on any atom is -0.452 e. The lowest BCUT2D eigenvalue weighted by Crippen LogP contribution is -2.31. The molecule has 0 spiro atoms. The van der Waals surface area contributed by atoms with E-state index < -0.39 is 10.0 Å². The largest absolute Gasteiger partial charge is 0.452 e. The van der Waals surface area contributed by atoms with Gasteiger partial charge < -0.3 is 10.2 Å². The molecule has 18 heavy (non-hydrogen) atoms. The van der Waals surface area contributed by atoms with Crippen molar-refractivity contribution in [3.05, 3.63) is 29.2 Å². The molecule has 0 atom stereocenters. The van der Waals surface area contributed by atoms with Crippen molar-refractivity contribution in [1.29, 1.82) is 0 Å². The Kier molecular flexibility index (Phi) is 5.58. The third kappa shape index (κ3) is 3.23. The summed E-state index contributed by atoms with van der Waals surface area (Å²) in [5.41, 5.74) is 5.43. The molecule has 2 N–H and O–H groups in total. The molecule has 1 aromatic heterocycles. The van der Waals surface area contributed by atoms with Crippen molar-refractivity contribution in [2.45, 2.75) is 24.8 Å². The van der Waals surface area contributed by atoms with Crippen molar-refractivity contribution in [3.63, 3.8) is 0 Å². The van der Waals surface area contributed by atoms with Crippen molar-refractivity contribution in [1.82, 2.24) is 4.31 Å². The number of nitrogens with two attached hydrogens (primary N) is 1. The second-order valence-corrected chi connectivity index (χ2v) is 6.33. The molecule has 7 heteroatoms. The number of furan rings is 1. The van der Waals surface area contributed by atoms with Crippen LogP contribution in [-0.4, -0.2) is 25.8 Å². The predicted octanol–water partition coefficient (Wildman–Crippen LogP) is 2.09. The third-order valence-electron chi connectivity index (χ3n) is 2.33. The van der Waals surface area contributed by atoms with Gasteiger partial charge in [-0.2, -0.15) is 4.31 Å². The van der Waals surface area contributed by atoms with Gasteiger partial charge in [0.15, 0.2) is 4.67 Å². The van der Waals surface area contributed by atoms with E-state index in [4.69, 9.17) is 10.2 Å². The first kappa shape index (κ1) is 15.4. The number of sulfonamides is 1. The zero-order valence-electron chi connectivity index (χ0n) is 10.2. The summed E-state index contributed by atoms with van der Waals surface area (Å²) in [6, 6.07) is 1.45. The summed E-state index contributed by atoms with van der Waals surface area (Å²) in [6.45, 7) is 6.35. The summed E-state index contributed by atoms with van der Waals surface area (Å²) in [7, 11) is -3.58. The molecule has 0 aliphatic heterocycles. The molecule has 1 aromatic rings. The van der Waals surface area contributed by atoms with Crippen LogP contribution in [0.3, 0.4) is 0 Å². The van der Waals surface area contributed by atoms with Gasteiger partial charge in [0.05, 0.1) is 6.54 Å². The number of nitrogens with zero attached hydrogens (tertiary/aromatic N) is 1. The molecule has 0 unspecified atom stereocenters. The highest BCUT2D eigenvalue weighted by atomic mass is 79.9. The maximum atomic E-state index is 12.4.